The first kappa shape index (κ1) is 17.2. The fourth-order valence-corrected chi connectivity index (χ4v) is 5.34. The minimum atomic E-state index is -0.995. The fourth-order valence-electron chi connectivity index (χ4n) is 5.34. The van der Waals surface area contributed by atoms with Crippen LogP contribution in [0.25, 0.3) is 0 Å². The second-order valence-corrected chi connectivity index (χ2v) is 8.05. The van der Waals surface area contributed by atoms with E-state index in [0.29, 0.717) is 30.6 Å². The van der Waals surface area contributed by atoms with Crippen molar-refractivity contribution in [2.45, 2.75) is 25.3 Å². The zero-order valence-corrected chi connectivity index (χ0v) is 15.2. The molecule has 1 aromatic carbocycles. The minimum Gasteiger partial charge on any atom is -0.480 e. The molecule has 2 heterocycles. The Morgan fingerprint density at radius 2 is 1.57 bits per heavy atom. The molecular formula is C21H20N2O5. The summed E-state index contributed by atoms with van der Waals surface area (Å²) in [5.41, 5.74) is 0.828. The van der Waals surface area contributed by atoms with Crippen LogP contribution < -0.4 is 4.90 Å². The summed E-state index contributed by atoms with van der Waals surface area (Å²) in [6, 6.07) is 5.54. The number of amides is 3. The second-order valence-electron chi connectivity index (χ2n) is 8.05. The largest absolute Gasteiger partial charge is 0.480 e. The molecule has 28 heavy (non-hydrogen) atoms. The number of carbonyl (C=O) groups is 4. The van der Waals surface area contributed by atoms with Crippen molar-refractivity contribution in [3.05, 3.63) is 42.0 Å². The summed E-state index contributed by atoms with van der Waals surface area (Å²) in [5.74, 6) is -1.86. The first-order chi connectivity index (χ1) is 13.5. The van der Waals surface area contributed by atoms with Crippen molar-refractivity contribution in [3.8, 4) is 0 Å². The second kappa shape index (κ2) is 6.02. The van der Waals surface area contributed by atoms with E-state index in [1.165, 1.54) is 9.80 Å². The molecule has 2 saturated heterocycles. The first-order valence-electron chi connectivity index (χ1n) is 9.67. The predicted molar refractivity (Wildman–Crippen MR) is 98.3 cm³/mol. The molecule has 5 atom stereocenters. The predicted octanol–water partition coefficient (Wildman–Crippen LogP) is 1.69. The van der Waals surface area contributed by atoms with Crippen LogP contribution in [0.15, 0.2) is 36.4 Å². The fraction of sp³-hybridized carbons (Fsp3) is 0.429. The van der Waals surface area contributed by atoms with Crippen molar-refractivity contribution in [1.29, 1.82) is 0 Å². The smallest absolute Gasteiger partial charge is 0.326 e. The molecule has 0 spiro atoms. The lowest BCUT2D eigenvalue weighted by Gasteiger charge is -2.22. The molecular weight excluding hydrogens is 360 g/mol. The van der Waals surface area contributed by atoms with Crippen LogP contribution >= 0.6 is 0 Å². The molecule has 3 fully saturated rings. The molecule has 7 nitrogen and oxygen atoms in total. The Bertz CT molecular complexity index is 891. The molecule has 2 aliphatic carbocycles. The van der Waals surface area contributed by atoms with E-state index in [4.69, 9.17) is 0 Å². The lowest BCUT2D eigenvalue weighted by atomic mass is 9.85. The third-order valence-electron chi connectivity index (χ3n) is 6.64. The Hall–Kier alpha value is -2.96. The Labute approximate surface area is 161 Å². The van der Waals surface area contributed by atoms with E-state index in [2.05, 4.69) is 12.2 Å². The van der Waals surface area contributed by atoms with Gasteiger partial charge in [-0.25, -0.2) is 4.79 Å². The third-order valence-corrected chi connectivity index (χ3v) is 6.64. The normalized spacial score (nSPS) is 33.1. The van der Waals surface area contributed by atoms with Crippen LogP contribution in [-0.2, 0) is 14.4 Å². The van der Waals surface area contributed by atoms with Gasteiger partial charge in [0, 0.05) is 12.1 Å². The van der Waals surface area contributed by atoms with Crippen molar-refractivity contribution in [1.82, 2.24) is 4.90 Å². The number of fused-ring (bicyclic) bond motifs is 5. The number of hydrogen-bond acceptors (Lipinski definition) is 4. The lowest BCUT2D eigenvalue weighted by Crippen LogP contribution is -2.40. The van der Waals surface area contributed by atoms with E-state index in [1.807, 2.05) is 0 Å². The zero-order valence-electron chi connectivity index (χ0n) is 15.2. The van der Waals surface area contributed by atoms with Crippen LogP contribution in [0.4, 0.5) is 5.69 Å². The number of allylic oxidation sites excluding steroid dienone is 2. The summed E-state index contributed by atoms with van der Waals surface area (Å²) in [5, 5.41) is 9.27. The molecule has 1 N–H and O–H groups in total. The van der Waals surface area contributed by atoms with Crippen LogP contribution in [0.2, 0.25) is 0 Å². The Kier molecular flexibility index (Phi) is 3.69. The van der Waals surface area contributed by atoms with E-state index in [0.717, 1.165) is 6.42 Å². The number of anilines is 1. The van der Waals surface area contributed by atoms with Crippen molar-refractivity contribution < 1.29 is 24.3 Å². The average Bonchev–Trinajstić information content (AvgIpc) is 3.45. The molecule has 1 aromatic rings. The highest BCUT2D eigenvalue weighted by molar-refractivity contribution is 6.22. The van der Waals surface area contributed by atoms with E-state index in [1.54, 1.807) is 24.3 Å². The molecule has 4 aliphatic rings. The summed E-state index contributed by atoms with van der Waals surface area (Å²) < 4.78 is 0. The van der Waals surface area contributed by atoms with E-state index in [-0.39, 0.29) is 41.4 Å². The maximum Gasteiger partial charge on any atom is 0.326 e. The maximum atomic E-state index is 12.9. The van der Waals surface area contributed by atoms with Crippen molar-refractivity contribution in [3.63, 3.8) is 0 Å². The summed E-state index contributed by atoms with van der Waals surface area (Å²) >= 11 is 0. The minimum absolute atomic E-state index is 0.153. The zero-order chi connectivity index (χ0) is 19.6. The molecule has 2 aliphatic heterocycles. The average molecular weight is 380 g/mol. The molecule has 3 amide bonds. The first-order valence-corrected chi connectivity index (χ1v) is 9.67. The van der Waals surface area contributed by atoms with Crippen LogP contribution in [0.5, 0.6) is 0 Å². The molecule has 5 rings (SSSR count). The molecule has 7 heteroatoms. The van der Waals surface area contributed by atoms with Crippen LogP contribution in [0.1, 0.15) is 29.6 Å². The molecule has 0 aromatic heterocycles. The maximum absolute atomic E-state index is 12.9. The van der Waals surface area contributed by atoms with Gasteiger partial charge in [0.25, 0.3) is 5.91 Å². The van der Waals surface area contributed by atoms with E-state index < -0.39 is 12.0 Å². The van der Waals surface area contributed by atoms with Gasteiger partial charge in [-0.3, -0.25) is 19.3 Å². The van der Waals surface area contributed by atoms with E-state index in [9.17, 15) is 24.3 Å². The number of imide groups is 1. The molecule has 1 saturated carbocycles. The lowest BCUT2D eigenvalue weighted by molar-refractivity contribution is -0.141. The topological polar surface area (TPSA) is 95.0 Å². The van der Waals surface area contributed by atoms with Crippen molar-refractivity contribution in [2.75, 3.05) is 11.4 Å². The van der Waals surface area contributed by atoms with Crippen LogP contribution in [0.3, 0.4) is 0 Å². The number of carboxylic acid groups (broad SMARTS) is 1. The number of benzene rings is 1. The van der Waals surface area contributed by atoms with Gasteiger partial charge in [0.2, 0.25) is 11.8 Å². The van der Waals surface area contributed by atoms with Gasteiger partial charge in [0.1, 0.15) is 6.04 Å². The van der Waals surface area contributed by atoms with Crippen molar-refractivity contribution >= 4 is 29.4 Å². The Morgan fingerprint density at radius 1 is 0.964 bits per heavy atom. The SMILES string of the molecule is O=C(O)C1CCCN1C(=O)c1ccc(N2C(=O)C3C4C=CC(C4)C3C2=O)cc1. The highest BCUT2D eigenvalue weighted by Gasteiger charge is 2.59. The summed E-state index contributed by atoms with van der Waals surface area (Å²) in [4.78, 5) is 52.4. The number of likely N-dealkylation sites (tertiary alicyclic amines) is 1. The van der Waals surface area contributed by atoms with Gasteiger partial charge in [0.05, 0.1) is 17.5 Å². The highest BCUT2D eigenvalue weighted by atomic mass is 16.4. The Balaban J connectivity index is 1.37. The number of carbonyl (C=O) groups excluding carboxylic acids is 3. The van der Waals surface area contributed by atoms with Gasteiger partial charge in [-0.1, -0.05) is 12.2 Å². The molecule has 2 bridgehead atoms. The standard InChI is InChI=1S/C21H20N2O5/c24-18(22-9-1-2-15(22)21(27)28)11-5-7-14(8-6-11)23-19(25)16-12-3-4-13(10-12)17(16)20(23)26/h3-8,12-13,15-17H,1-2,9-10H2,(H,27,28). The van der Waals surface area contributed by atoms with Gasteiger partial charge >= 0.3 is 5.97 Å². The highest BCUT2D eigenvalue weighted by Crippen LogP contribution is 2.53. The third kappa shape index (κ3) is 2.28. The number of hydrogen-bond donors (Lipinski definition) is 1. The summed E-state index contributed by atoms with van der Waals surface area (Å²) in [7, 11) is 0. The van der Waals surface area contributed by atoms with Gasteiger partial charge in [-0.05, 0) is 55.4 Å². The van der Waals surface area contributed by atoms with Gasteiger partial charge in [-0.2, -0.15) is 0 Å². The quantitative estimate of drug-likeness (QED) is 0.636. The van der Waals surface area contributed by atoms with Gasteiger partial charge in [-0.15, -0.1) is 0 Å². The van der Waals surface area contributed by atoms with Crippen LogP contribution in [0, 0.1) is 23.7 Å². The van der Waals surface area contributed by atoms with Gasteiger partial charge in [0.15, 0.2) is 0 Å². The van der Waals surface area contributed by atoms with Gasteiger partial charge < -0.3 is 10.0 Å². The number of nitrogens with zero attached hydrogens (tertiary/aromatic N) is 2. The Morgan fingerprint density at radius 3 is 2.14 bits per heavy atom. The molecule has 0 radical (unpaired) electrons. The molecule has 5 unspecified atom stereocenters. The summed E-state index contributed by atoms with van der Waals surface area (Å²) in [6.07, 6.45) is 6.11. The number of carboxylic acids is 1. The number of aliphatic carboxylic acids is 1. The monoisotopic (exact) mass is 380 g/mol. The summed E-state index contributed by atoms with van der Waals surface area (Å²) in [6.45, 7) is 0.416. The van der Waals surface area contributed by atoms with Crippen LogP contribution in [-0.4, -0.2) is 46.3 Å². The van der Waals surface area contributed by atoms with Crippen molar-refractivity contribution in [2.24, 2.45) is 23.7 Å². The molecule has 144 valence electrons. The van der Waals surface area contributed by atoms with E-state index >= 15 is 0 Å². The number of rotatable bonds is 3.